The van der Waals surface area contributed by atoms with Gasteiger partial charge >= 0.3 is 5.97 Å². The highest BCUT2D eigenvalue weighted by atomic mass is 79.9. The van der Waals surface area contributed by atoms with Crippen LogP contribution in [0.3, 0.4) is 0 Å². The Kier molecular flexibility index (Phi) is 5.14. The second-order valence-corrected chi connectivity index (χ2v) is 7.16. The van der Waals surface area contributed by atoms with Gasteiger partial charge in [0.25, 0.3) is 5.91 Å². The number of anilines is 1. The summed E-state index contributed by atoms with van der Waals surface area (Å²) >= 11 is 3.41. The number of carbonyl (C=O) groups excluding carboxylic acids is 2. The van der Waals surface area contributed by atoms with Gasteiger partial charge in [-0.25, -0.2) is 4.79 Å². The molecule has 3 aromatic carbocycles. The molecule has 144 valence electrons. The average molecular weight is 451 g/mol. The van der Waals surface area contributed by atoms with Crippen LogP contribution in [0.1, 0.15) is 20.7 Å². The van der Waals surface area contributed by atoms with Gasteiger partial charge in [0.15, 0.2) is 5.76 Å². The van der Waals surface area contributed by atoms with Gasteiger partial charge in [-0.2, -0.15) is 0 Å². The van der Waals surface area contributed by atoms with Crippen LogP contribution in [0.2, 0.25) is 0 Å². The molecule has 0 unspecified atom stereocenters. The maximum Gasteiger partial charge on any atom is 0.339 e. The first-order valence-electron chi connectivity index (χ1n) is 8.71. The number of hydrogen-bond acceptors (Lipinski definition) is 5. The van der Waals surface area contributed by atoms with Crippen molar-refractivity contribution >= 4 is 44.4 Å². The normalized spacial score (nSPS) is 10.7. The summed E-state index contributed by atoms with van der Waals surface area (Å²) in [4.78, 5) is 24.7. The molecule has 6 nitrogen and oxygen atoms in total. The maximum atomic E-state index is 12.8. The third-order valence-corrected chi connectivity index (χ3v) is 4.95. The summed E-state index contributed by atoms with van der Waals surface area (Å²) < 4.78 is 11.2. The van der Waals surface area contributed by atoms with Gasteiger partial charge < -0.3 is 14.6 Å². The zero-order valence-electron chi connectivity index (χ0n) is 15.3. The van der Waals surface area contributed by atoms with Crippen molar-refractivity contribution in [2.45, 2.75) is 0 Å². The van der Waals surface area contributed by atoms with E-state index in [0.29, 0.717) is 22.5 Å². The Morgan fingerprint density at radius 2 is 1.79 bits per heavy atom. The molecule has 0 bridgehead atoms. The molecule has 0 atom stereocenters. The number of amides is 1. The summed E-state index contributed by atoms with van der Waals surface area (Å²) in [5.74, 6) is -0.295. The molecule has 4 rings (SSSR count). The van der Waals surface area contributed by atoms with E-state index < -0.39 is 5.97 Å². The molecule has 1 amide bonds. The Morgan fingerprint density at radius 1 is 1.03 bits per heavy atom. The van der Waals surface area contributed by atoms with Crippen LogP contribution in [0.25, 0.3) is 22.2 Å². The number of benzene rings is 3. The van der Waals surface area contributed by atoms with Gasteiger partial charge in [-0.1, -0.05) is 33.2 Å². The van der Waals surface area contributed by atoms with Gasteiger partial charge in [0, 0.05) is 15.6 Å². The molecule has 0 fully saturated rings. The third kappa shape index (κ3) is 3.77. The van der Waals surface area contributed by atoms with E-state index in [2.05, 4.69) is 26.4 Å². The quantitative estimate of drug-likeness (QED) is 0.426. The van der Waals surface area contributed by atoms with Crippen molar-refractivity contribution in [2.75, 3.05) is 12.4 Å². The lowest BCUT2D eigenvalue weighted by atomic mass is 10.1. The number of ether oxygens (including phenoxy) is 1. The number of methoxy groups -OCH3 is 1. The zero-order valence-corrected chi connectivity index (χ0v) is 16.9. The molecule has 0 radical (unpaired) electrons. The van der Waals surface area contributed by atoms with Gasteiger partial charge in [0.05, 0.1) is 23.7 Å². The predicted molar refractivity (Wildman–Crippen MR) is 113 cm³/mol. The van der Waals surface area contributed by atoms with Gasteiger partial charge in [-0.3, -0.25) is 4.79 Å². The highest BCUT2D eigenvalue weighted by molar-refractivity contribution is 9.10. The standard InChI is InChI=1S/C22H15BrN2O4/c1-28-22(27)16-4-2-3-5-18(16)24-21(26)14-8-11-19-17(12-14)20(29-25-19)13-6-9-15(23)10-7-13/h2-12H,1H3,(H,24,26). The van der Waals surface area contributed by atoms with Crippen LogP contribution >= 0.6 is 15.9 Å². The molecule has 1 heterocycles. The van der Waals surface area contributed by atoms with Gasteiger partial charge in [0.1, 0.15) is 5.52 Å². The maximum absolute atomic E-state index is 12.8. The number of nitrogens with one attached hydrogen (secondary N) is 1. The van der Waals surface area contributed by atoms with Crippen molar-refractivity contribution in [3.63, 3.8) is 0 Å². The first-order chi connectivity index (χ1) is 14.1. The Morgan fingerprint density at radius 3 is 2.55 bits per heavy atom. The average Bonchev–Trinajstić information content (AvgIpc) is 3.17. The van der Waals surface area contributed by atoms with Gasteiger partial charge in [0.2, 0.25) is 0 Å². The number of carbonyl (C=O) groups is 2. The topological polar surface area (TPSA) is 81.4 Å². The minimum Gasteiger partial charge on any atom is -0.465 e. The van der Waals surface area contributed by atoms with Crippen molar-refractivity contribution in [1.82, 2.24) is 5.16 Å². The Hall–Kier alpha value is -3.45. The number of hydrogen-bond donors (Lipinski definition) is 1. The van der Waals surface area contributed by atoms with E-state index in [1.165, 1.54) is 7.11 Å². The van der Waals surface area contributed by atoms with Crippen molar-refractivity contribution < 1.29 is 18.8 Å². The summed E-state index contributed by atoms with van der Waals surface area (Å²) in [6.45, 7) is 0. The Balaban J connectivity index is 1.68. The predicted octanol–water partition coefficient (Wildman–Crippen LogP) is 5.30. The lowest BCUT2D eigenvalue weighted by Gasteiger charge is -2.09. The number of fused-ring (bicyclic) bond motifs is 1. The molecule has 4 aromatic rings. The number of rotatable bonds is 4. The first-order valence-corrected chi connectivity index (χ1v) is 9.50. The fourth-order valence-electron chi connectivity index (χ4n) is 2.97. The van der Waals surface area contributed by atoms with E-state index in [4.69, 9.17) is 9.26 Å². The molecular weight excluding hydrogens is 436 g/mol. The van der Waals surface area contributed by atoms with Crippen molar-refractivity contribution in [2.24, 2.45) is 0 Å². The van der Waals surface area contributed by atoms with E-state index in [9.17, 15) is 9.59 Å². The zero-order chi connectivity index (χ0) is 20.4. The lowest BCUT2D eigenvalue weighted by Crippen LogP contribution is -2.15. The summed E-state index contributed by atoms with van der Waals surface area (Å²) in [7, 11) is 1.30. The molecule has 0 aliphatic heterocycles. The molecule has 0 saturated heterocycles. The summed E-state index contributed by atoms with van der Waals surface area (Å²) in [5.41, 5.74) is 2.57. The fourth-order valence-corrected chi connectivity index (χ4v) is 3.23. The molecule has 0 spiro atoms. The number of halogens is 1. The van der Waals surface area contributed by atoms with Crippen LogP contribution in [-0.2, 0) is 4.74 Å². The van der Waals surface area contributed by atoms with E-state index in [-0.39, 0.29) is 11.5 Å². The third-order valence-electron chi connectivity index (χ3n) is 4.43. The van der Waals surface area contributed by atoms with Gasteiger partial charge in [-0.15, -0.1) is 0 Å². The molecule has 0 aliphatic carbocycles. The minimum absolute atomic E-state index is 0.282. The van der Waals surface area contributed by atoms with Crippen molar-refractivity contribution in [1.29, 1.82) is 0 Å². The van der Waals surface area contributed by atoms with E-state index in [1.807, 2.05) is 24.3 Å². The highest BCUT2D eigenvalue weighted by Gasteiger charge is 2.17. The second kappa shape index (κ2) is 7.89. The van der Waals surface area contributed by atoms with Crippen LogP contribution in [0.15, 0.2) is 75.7 Å². The number of nitrogens with zero attached hydrogens (tertiary/aromatic N) is 1. The Bertz CT molecular complexity index is 1220. The van der Waals surface area contributed by atoms with Crippen molar-refractivity contribution in [3.05, 3.63) is 82.3 Å². The van der Waals surface area contributed by atoms with Crippen LogP contribution in [0, 0.1) is 0 Å². The van der Waals surface area contributed by atoms with E-state index in [1.54, 1.807) is 42.5 Å². The molecule has 1 N–H and O–H groups in total. The second-order valence-electron chi connectivity index (χ2n) is 6.24. The number of para-hydroxylation sites is 1. The summed E-state index contributed by atoms with van der Waals surface area (Å²) in [6, 6.07) is 19.4. The molecule has 1 aromatic heterocycles. The molecular formula is C22H15BrN2O4. The SMILES string of the molecule is COC(=O)c1ccccc1NC(=O)c1ccc2noc(-c3ccc(Br)cc3)c2c1. The van der Waals surface area contributed by atoms with Crippen LogP contribution in [0.5, 0.6) is 0 Å². The lowest BCUT2D eigenvalue weighted by molar-refractivity contribution is 0.0602. The first kappa shape index (κ1) is 18.9. The van der Waals surface area contributed by atoms with E-state index in [0.717, 1.165) is 15.4 Å². The number of esters is 1. The smallest absolute Gasteiger partial charge is 0.339 e. The summed E-state index contributed by atoms with van der Waals surface area (Å²) in [5, 5.41) is 7.56. The molecule has 7 heteroatoms. The van der Waals surface area contributed by atoms with Crippen LogP contribution in [0.4, 0.5) is 5.69 Å². The minimum atomic E-state index is -0.520. The fraction of sp³-hybridized carbons (Fsp3) is 0.0455. The number of aromatic nitrogens is 1. The Labute approximate surface area is 174 Å². The molecule has 0 saturated carbocycles. The molecule has 0 aliphatic rings. The van der Waals surface area contributed by atoms with Gasteiger partial charge in [-0.05, 0) is 54.6 Å². The molecule has 29 heavy (non-hydrogen) atoms. The monoisotopic (exact) mass is 450 g/mol. The highest BCUT2D eigenvalue weighted by Crippen LogP contribution is 2.30. The van der Waals surface area contributed by atoms with Crippen molar-refractivity contribution in [3.8, 4) is 11.3 Å². The summed E-state index contributed by atoms with van der Waals surface area (Å²) in [6.07, 6.45) is 0. The largest absolute Gasteiger partial charge is 0.465 e. The van der Waals surface area contributed by atoms with Crippen LogP contribution in [-0.4, -0.2) is 24.1 Å². The van der Waals surface area contributed by atoms with E-state index >= 15 is 0 Å². The van der Waals surface area contributed by atoms with Crippen LogP contribution < -0.4 is 5.32 Å².